The van der Waals surface area contributed by atoms with Crippen LogP contribution in [0.5, 0.6) is 0 Å². The van der Waals surface area contributed by atoms with Crippen LogP contribution < -0.4 is 5.19 Å². The Labute approximate surface area is 124 Å². The molecule has 2 heteroatoms. The van der Waals surface area contributed by atoms with E-state index in [-0.39, 0.29) is 0 Å². The summed E-state index contributed by atoms with van der Waals surface area (Å²) in [5.41, 5.74) is 2.98. The van der Waals surface area contributed by atoms with Gasteiger partial charge in [-0.05, 0) is 31.3 Å². The van der Waals surface area contributed by atoms with Gasteiger partial charge < -0.3 is 4.90 Å². The second-order valence-corrected chi connectivity index (χ2v) is 11.1. The van der Waals surface area contributed by atoms with Gasteiger partial charge in [-0.15, -0.1) is 0 Å². The Morgan fingerprint density at radius 3 is 1.95 bits per heavy atom. The SMILES string of the molecule is CN(C)Cc1ccccc1[13CH2][Si](C)(C)c1ccccc1. The minimum Gasteiger partial charge on any atom is -0.305 e. The third kappa shape index (κ3) is 3.81. The topological polar surface area (TPSA) is 3.24 Å². The van der Waals surface area contributed by atoms with Gasteiger partial charge >= 0.3 is 0 Å². The molecule has 106 valence electrons. The van der Waals surface area contributed by atoms with E-state index in [1.54, 1.807) is 5.19 Å². The molecule has 2 aromatic rings. The summed E-state index contributed by atoms with van der Waals surface area (Å²) in [6.45, 7) is 5.96. The molecule has 0 unspecified atom stereocenters. The summed E-state index contributed by atoms with van der Waals surface area (Å²) >= 11 is 0. The van der Waals surface area contributed by atoms with Gasteiger partial charge in [0.1, 0.15) is 0 Å². The van der Waals surface area contributed by atoms with Crippen molar-refractivity contribution in [1.29, 1.82) is 0 Å². The van der Waals surface area contributed by atoms with Crippen LogP contribution in [-0.2, 0) is 12.6 Å². The first-order valence-electron chi connectivity index (χ1n) is 7.26. The van der Waals surface area contributed by atoms with Crippen molar-refractivity contribution in [2.24, 2.45) is 0 Å². The summed E-state index contributed by atoms with van der Waals surface area (Å²) in [5, 5.41) is 1.54. The third-order valence-electron chi connectivity index (χ3n) is 3.79. The predicted molar refractivity (Wildman–Crippen MR) is 91.1 cm³/mol. The largest absolute Gasteiger partial charge is 0.305 e. The predicted octanol–water partition coefficient (Wildman–Crippen LogP) is 3.45. The first kappa shape index (κ1) is 15.0. The molecule has 0 radical (unpaired) electrons. The number of hydrogen-bond acceptors (Lipinski definition) is 1. The molecule has 1 nitrogen and oxygen atoms in total. The highest BCUT2D eigenvalue weighted by Gasteiger charge is 2.24. The van der Waals surface area contributed by atoms with Gasteiger partial charge in [-0.1, -0.05) is 72.9 Å². The van der Waals surface area contributed by atoms with Crippen molar-refractivity contribution in [2.45, 2.75) is 25.7 Å². The molecule has 2 aromatic carbocycles. The highest BCUT2D eigenvalue weighted by molar-refractivity contribution is 6.89. The quantitative estimate of drug-likeness (QED) is 0.600. The Kier molecular flexibility index (Phi) is 4.79. The summed E-state index contributed by atoms with van der Waals surface area (Å²) in [6.07, 6.45) is 0. The van der Waals surface area contributed by atoms with Gasteiger partial charge in [0.2, 0.25) is 0 Å². The van der Waals surface area contributed by atoms with Crippen LogP contribution in [-0.4, -0.2) is 27.1 Å². The van der Waals surface area contributed by atoms with Crippen LogP contribution in [0.15, 0.2) is 54.6 Å². The Hall–Kier alpha value is -1.38. The van der Waals surface area contributed by atoms with E-state index in [0.717, 1.165) is 6.54 Å². The van der Waals surface area contributed by atoms with Crippen LogP contribution in [0.2, 0.25) is 13.1 Å². The van der Waals surface area contributed by atoms with Gasteiger partial charge in [-0.25, -0.2) is 0 Å². The third-order valence-corrected chi connectivity index (χ3v) is 6.95. The Bertz CT molecular complexity index is 546. The lowest BCUT2D eigenvalue weighted by Gasteiger charge is -2.25. The fraction of sp³-hybridized carbons (Fsp3) is 0.333. The van der Waals surface area contributed by atoms with Crippen molar-refractivity contribution in [3.8, 4) is 0 Å². The lowest BCUT2D eigenvalue weighted by atomic mass is 10.1. The summed E-state index contributed by atoms with van der Waals surface area (Å²) in [5.74, 6) is 0. The molecule has 0 aromatic heterocycles. The lowest BCUT2D eigenvalue weighted by molar-refractivity contribution is 0.401. The summed E-state index contributed by atoms with van der Waals surface area (Å²) in [7, 11) is 2.85. The van der Waals surface area contributed by atoms with Gasteiger partial charge in [-0.3, -0.25) is 0 Å². The van der Waals surface area contributed by atoms with Gasteiger partial charge in [0, 0.05) is 6.54 Å². The smallest absolute Gasteiger partial charge is 0.0849 e. The fourth-order valence-corrected chi connectivity index (χ4v) is 5.29. The molecule has 2 rings (SSSR count). The molecule has 0 saturated heterocycles. The van der Waals surface area contributed by atoms with E-state index in [4.69, 9.17) is 0 Å². The van der Waals surface area contributed by atoms with Crippen LogP contribution in [0, 0.1) is 0 Å². The minimum absolute atomic E-state index is 1.02. The molecule has 0 amide bonds. The van der Waals surface area contributed by atoms with Crippen LogP contribution in [0.25, 0.3) is 0 Å². The van der Waals surface area contributed by atoms with E-state index in [1.165, 1.54) is 17.2 Å². The zero-order chi connectivity index (χ0) is 14.6. The van der Waals surface area contributed by atoms with Crippen molar-refractivity contribution < 1.29 is 0 Å². The Morgan fingerprint density at radius 1 is 0.800 bits per heavy atom. The van der Waals surface area contributed by atoms with E-state index in [1.807, 2.05) is 0 Å². The molecule has 0 bridgehead atoms. The standard InChI is InChI=1S/C18H25NSi/c1-19(2)14-16-10-8-9-11-17(16)15-20(3,4)18-12-6-5-7-13-18/h5-13H,14-15H2,1-4H3/i15+1. The van der Waals surface area contributed by atoms with Gasteiger partial charge in [0.05, 0.1) is 8.07 Å². The second kappa shape index (κ2) is 6.38. The van der Waals surface area contributed by atoms with Gasteiger partial charge in [0.25, 0.3) is 0 Å². The van der Waals surface area contributed by atoms with Crippen LogP contribution in [0.3, 0.4) is 0 Å². The summed E-state index contributed by atoms with van der Waals surface area (Å²) in [4.78, 5) is 2.25. The number of nitrogens with zero attached hydrogens (tertiary/aromatic N) is 1. The van der Waals surface area contributed by atoms with E-state index >= 15 is 0 Å². The highest BCUT2D eigenvalue weighted by atomic mass is 28.3. The lowest BCUT2D eigenvalue weighted by Crippen LogP contribution is -2.44. The maximum atomic E-state index is 2.47. The number of rotatable bonds is 5. The molecule has 20 heavy (non-hydrogen) atoms. The molecule has 0 spiro atoms. The monoisotopic (exact) mass is 284 g/mol. The average molecular weight is 284 g/mol. The first-order valence-corrected chi connectivity index (χ1v) is 10.5. The zero-order valence-corrected chi connectivity index (χ0v) is 14.1. The average Bonchev–Trinajstić information content (AvgIpc) is 2.41. The molecule has 0 fully saturated rings. The van der Waals surface area contributed by atoms with E-state index in [2.05, 4.69) is 86.7 Å². The molecule has 0 N–H and O–H groups in total. The molecule has 0 aliphatic rings. The Morgan fingerprint density at radius 2 is 1.35 bits per heavy atom. The van der Waals surface area contributed by atoms with E-state index in [0.29, 0.717) is 0 Å². The number of benzene rings is 2. The first-order chi connectivity index (χ1) is 9.49. The van der Waals surface area contributed by atoms with Crippen molar-refractivity contribution in [3.05, 3.63) is 65.7 Å². The maximum Gasteiger partial charge on any atom is 0.0849 e. The molecule has 0 saturated carbocycles. The normalized spacial score (nSPS) is 11.8. The minimum atomic E-state index is -1.42. The van der Waals surface area contributed by atoms with Crippen molar-refractivity contribution in [3.63, 3.8) is 0 Å². The van der Waals surface area contributed by atoms with Gasteiger partial charge in [-0.2, -0.15) is 0 Å². The zero-order valence-electron chi connectivity index (χ0n) is 13.1. The van der Waals surface area contributed by atoms with Crippen molar-refractivity contribution in [1.82, 2.24) is 4.90 Å². The molecule has 0 atom stereocenters. The molecule has 0 aliphatic heterocycles. The van der Waals surface area contributed by atoms with Crippen LogP contribution in [0.4, 0.5) is 0 Å². The summed E-state index contributed by atoms with van der Waals surface area (Å²) in [6, 6.07) is 21.1. The second-order valence-electron chi connectivity index (χ2n) is 6.43. The maximum absolute atomic E-state index is 2.47. The molecular weight excluding hydrogens is 259 g/mol. The Balaban J connectivity index is 2.25. The van der Waals surface area contributed by atoms with Crippen LogP contribution >= 0.6 is 0 Å². The number of hydrogen-bond donors (Lipinski definition) is 0. The van der Waals surface area contributed by atoms with Crippen molar-refractivity contribution in [2.75, 3.05) is 14.1 Å². The highest BCUT2D eigenvalue weighted by Crippen LogP contribution is 2.17. The van der Waals surface area contributed by atoms with E-state index in [9.17, 15) is 0 Å². The summed E-state index contributed by atoms with van der Waals surface area (Å²) < 4.78 is 0. The fourth-order valence-electron chi connectivity index (χ4n) is 2.69. The van der Waals surface area contributed by atoms with Crippen molar-refractivity contribution >= 4 is 13.3 Å². The van der Waals surface area contributed by atoms with Crippen LogP contribution in [0.1, 0.15) is 11.1 Å². The van der Waals surface area contributed by atoms with E-state index < -0.39 is 8.07 Å². The molecular formula is C18H25NSi. The van der Waals surface area contributed by atoms with Gasteiger partial charge in [0.15, 0.2) is 0 Å². The molecule has 0 heterocycles. The molecule has 0 aliphatic carbocycles.